The van der Waals surface area contributed by atoms with E-state index < -0.39 is 11.9 Å². The van der Waals surface area contributed by atoms with Gasteiger partial charge in [-0.2, -0.15) is 0 Å². The second kappa shape index (κ2) is 7.24. The van der Waals surface area contributed by atoms with Gasteiger partial charge in [0.1, 0.15) is 11.6 Å². The van der Waals surface area contributed by atoms with Gasteiger partial charge >= 0.3 is 0 Å². The van der Waals surface area contributed by atoms with Crippen molar-refractivity contribution in [3.05, 3.63) is 29.6 Å². The lowest BCUT2D eigenvalue weighted by Gasteiger charge is -2.18. The van der Waals surface area contributed by atoms with Gasteiger partial charge in [-0.05, 0) is 38.0 Å². The van der Waals surface area contributed by atoms with Gasteiger partial charge in [-0.3, -0.25) is 4.79 Å². The maximum Gasteiger partial charge on any atom is 0.258 e. The number of hydrogen-bond acceptors (Lipinski definition) is 3. The van der Waals surface area contributed by atoms with E-state index in [0.29, 0.717) is 17.2 Å². The standard InChI is InChI=1S/C15H22FNO3/c1-9(2)10(3)17-15(19)8-20-14-6-5-12(16)7-13(14)11(4)18/h5-7,9-11,18H,8H2,1-4H3,(H,17,19). The van der Waals surface area contributed by atoms with Crippen LogP contribution in [0.5, 0.6) is 5.75 Å². The minimum Gasteiger partial charge on any atom is -0.483 e. The number of nitrogens with one attached hydrogen (secondary N) is 1. The summed E-state index contributed by atoms with van der Waals surface area (Å²) in [6, 6.07) is 3.90. The normalized spacial score (nSPS) is 13.9. The molecule has 0 aromatic heterocycles. The zero-order chi connectivity index (χ0) is 15.3. The summed E-state index contributed by atoms with van der Waals surface area (Å²) in [6.07, 6.45) is -0.863. The summed E-state index contributed by atoms with van der Waals surface area (Å²) in [5, 5.41) is 12.4. The molecule has 0 radical (unpaired) electrons. The summed E-state index contributed by atoms with van der Waals surface area (Å²) in [4.78, 5) is 11.7. The van der Waals surface area contributed by atoms with E-state index in [2.05, 4.69) is 5.32 Å². The highest BCUT2D eigenvalue weighted by molar-refractivity contribution is 5.77. The molecule has 0 saturated carbocycles. The number of carbonyl (C=O) groups excluding carboxylic acids is 1. The van der Waals surface area contributed by atoms with Crippen molar-refractivity contribution >= 4 is 5.91 Å². The van der Waals surface area contributed by atoms with Crippen molar-refractivity contribution in [3.8, 4) is 5.75 Å². The Balaban J connectivity index is 2.64. The second-order valence-electron chi connectivity index (χ2n) is 5.25. The first-order valence-corrected chi connectivity index (χ1v) is 6.71. The quantitative estimate of drug-likeness (QED) is 0.843. The number of aliphatic hydroxyl groups excluding tert-OH is 1. The lowest BCUT2D eigenvalue weighted by atomic mass is 10.1. The largest absolute Gasteiger partial charge is 0.483 e. The van der Waals surface area contributed by atoms with Gasteiger partial charge in [0, 0.05) is 11.6 Å². The molecule has 0 bridgehead atoms. The molecule has 0 aliphatic carbocycles. The third-order valence-corrected chi connectivity index (χ3v) is 3.17. The van der Waals surface area contributed by atoms with Crippen molar-refractivity contribution in [2.24, 2.45) is 5.92 Å². The van der Waals surface area contributed by atoms with Crippen molar-refractivity contribution in [2.75, 3.05) is 6.61 Å². The zero-order valence-electron chi connectivity index (χ0n) is 12.3. The Morgan fingerprint density at radius 1 is 1.35 bits per heavy atom. The van der Waals surface area contributed by atoms with Crippen LogP contribution in [0, 0.1) is 11.7 Å². The van der Waals surface area contributed by atoms with Gasteiger partial charge < -0.3 is 15.2 Å². The van der Waals surface area contributed by atoms with Gasteiger partial charge in [0.05, 0.1) is 6.10 Å². The number of benzene rings is 1. The van der Waals surface area contributed by atoms with E-state index in [4.69, 9.17) is 4.74 Å². The molecule has 1 aromatic rings. The van der Waals surface area contributed by atoms with Crippen LogP contribution in [0.1, 0.15) is 39.4 Å². The highest BCUT2D eigenvalue weighted by Crippen LogP contribution is 2.25. The third-order valence-electron chi connectivity index (χ3n) is 3.17. The molecule has 2 N–H and O–H groups in total. The summed E-state index contributed by atoms with van der Waals surface area (Å²) in [6.45, 7) is 7.29. The number of ether oxygens (including phenoxy) is 1. The van der Waals surface area contributed by atoms with Gasteiger partial charge in [-0.15, -0.1) is 0 Å². The fraction of sp³-hybridized carbons (Fsp3) is 0.533. The predicted molar refractivity (Wildman–Crippen MR) is 75.0 cm³/mol. The highest BCUT2D eigenvalue weighted by atomic mass is 19.1. The first kappa shape index (κ1) is 16.4. The molecule has 20 heavy (non-hydrogen) atoms. The molecule has 0 heterocycles. The van der Waals surface area contributed by atoms with Crippen LogP contribution >= 0.6 is 0 Å². The summed E-state index contributed by atoms with van der Waals surface area (Å²) in [5.41, 5.74) is 0.328. The fourth-order valence-electron chi connectivity index (χ4n) is 1.58. The zero-order valence-corrected chi connectivity index (χ0v) is 12.3. The van der Waals surface area contributed by atoms with Crippen LogP contribution in [-0.2, 0) is 4.79 Å². The predicted octanol–water partition coefficient (Wildman–Crippen LogP) is 2.42. The molecule has 1 aromatic carbocycles. The van der Waals surface area contributed by atoms with Crippen molar-refractivity contribution in [1.82, 2.24) is 5.32 Å². The SMILES string of the molecule is CC(O)c1cc(F)ccc1OCC(=O)NC(C)C(C)C. The first-order valence-electron chi connectivity index (χ1n) is 6.71. The third kappa shape index (κ3) is 4.81. The van der Waals surface area contributed by atoms with Gasteiger partial charge in [0.25, 0.3) is 5.91 Å². The van der Waals surface area contributed by atoms with Crippen molar-refractivity contribution in [1.29, 1.82) is 0 Å². The summed E-state index contributed by atoms with van der Waals surface area (Å²) >= 11 is 0. The average Bonchev–Trinajstić information content (AvgIpc) is 2.36. The Hall–Kier alpha value is -1.62. The molecule has 1 amide bonds. The van der Waals surface area contributed by atoms with Crippen LogP contribution in [0.25, 0.3) is 0 Å². The Morgan fingerprint density at radius 2 is 2.00 bits per heavy atom. The van der Waals surface area contributed by atoms with E-state index >= 15 is 0 Å². The van der Waals surface area contributed by atoms with Crippen molar-refractivity contribution in [2.45, 2.75) is 39.8 Å². The molecule has 4 nitrogen and oxygen atoms in total. The molecule has 0 fully saturated rings. The molecular formula is C15H22FNO3. The molecule has 0 saturated heterocycles. The Labute approximate surface area is 119 Å². The van der Waals surface area contributed by atoms with Crippen LogP contribution in [0.15, 0.2) is 18.2 Å². The molecule has 112 valence electrons. The highest BCUT2D eigenvalue weighted by Gasteiger charge is 2.14. The molecule has 2 unspecified atom stereocenters. The molecule has 0 aliphatic heterocycles. The molecule has 5 heteroatoms. The molecule has 0 spiro atoms. The number of carbonyl (C=O) groups is 1. The van der Waals surface area contributed by atoms with Crippen LogP contribution in [0.4, 0.5) is 4.39 Å². The lowest BCUT2D eigenvalue weighted by molar-refractivity contribution is -0.124. The maximum atomic E-state index is 13.1. The lowest BCUT2D eigenvalue weighted by Crippen LogP contribution is -2.39. The molecule has 1 rings (SSSR count). The number of halogens is 1. The Bertz CT molecular complexity index is 460. The molecule has 0 aliphatic rings. The maximum absolute atomic E-state index is 13.1. The van der Waals surface area contributed by atoms with E-state index in [1.54, 1.807) is 0 Å². The number of aliphatic hydroxyl groups is 1. The van der Waals surface area contributed by atoms with Crippen LogP contribution in [-0.4, -0.2) is 23.7 Å². The van der Waals surface area contributed by atoms with Gasteiger partial charge in [-0.1, -0.05) is 13.8 Å². The second-order valence-corrected chi connectivity index (χ2v) is 5.25. The molecule has 2 atom stereocenters. The van der Waals surface area contributed by atoms with Crippen LogP contribution < -0.4 is 10.1 Å². The average molecular weight is 283 g/mol. The van der Waals surface area contributed by atoms with E-state index in [1.165, 1.54) is 25.1 Å². The first-order chi connectivity index (χ1) is 9.31. The monoisotopic (exact) mass is 283 g/mol. The summed E-state index contributed by atoms with van der Waals surface area (Å²) in [5.74, 6) is -0.0512. The summed E-state index contributed by atoms with van der Waals surface area (Å²) < 4.78 is 18.5. The molecular weight excluding hydrogens is 261 g/mol. The smallest absolute Gasteiger partial charge is 0.258 e. The Morgan fingerprint density at radius 3 is 2.55 bits per heavy atom. The minimum atomic E-state index is -0.863. The number of hydrogen-bond donors (Lipinski definition) is 2. The van der Waals surface area contributed by atoms with E-state index in [1.807, 2.05) is 20.8 Å². The fourth-order valence-corrected chi connectivity index (χ4v) is 1.58. The number of amides is 1. The van der Waals surface area contributed by atoms with Crippen LogP contribution in [0.2, 0.25) is 0 Å². The minimum absolute atomic E-state index is 0.0514. The van der Waals surface area contributed by atoms with Gasteiger partial charge in [-0.25, -0.2) is 4.39 Å². The Kier molecular flexibility index (Phi) is 5.95. The van der Waals surface area contributed by atoms with Crippen LogP contribution in [0.3, 0.4) is 0 Å². The van der Waals surface area contributed by atoms with Crippen molar-refractivity contribution < 1.29 is 19.0 Å². The van der Waals surface area contributed by atoms with E-state index in [-0.39, 0.29) is 18.6 Å². The van der Waals surface area contributed by atoms with Gasteiger partial charge in [0.15, 0.2) is 6.61 Å². The topological polar surface area (TPSA) is 58.6 Å². The van der Waals surface area contributed by atoms with E-state index in [9.17, 15) is 14.3 Å². The van der Waals surface area contributed by atoms with Gasteiger partial charge in [0.2, 0.25) is 0 Å². The number of rotatable bonds is 6. The van der Waals surface area contributed by atoms with E-state index in [0.717, 1.165) is 0 Å². The van der Waals surface area contributed by atoms with Crippen molar-refractivity contribution in [3.63, 3.8) is 0 Å². The summed E-state index contributed by atoms with van der Waals surface area (Å²) in [7, 11) is 0.